The van der Waals surface area contributed by atoms with Gasteiger partial charge in [-0.1, -0.05) is 43.7 Å². The van der Waals surface area contributed by atoms with Gasteiger partial charge in [0.1, 0.15) is 12.4 Å². The summed E-state index contributed by atoms with van der Waals surface area (Å²) in [5, 5.41) is 9.50. The fourth-order valence-corrected chi connectivity index (χ4v) is 5.05. The van der Waals surface area contributed by atoms with Gasteiger partial charge in [-0.25, -0.2) is 0 Å². The third kappa shape index (κ3) is 5.70. The fraction of sp³-hybridized carbons (Fsp3) is 0.538. The number of nitrogens with zero attached hydrogens (tertiary/aromatic N) is 2. The molecular weight excluding hydrogens is 429 g/mol. The van der Waals surface area contributed by atoms with E-state index >= 15 is 0 Å². The minimum atomic E-state index is -4.29. The van der Waals surface area contributed by atoms with Gasteiger partial charge in [0.05, 0.1) is 19.2 Å². The first kappa shape index (κ1) is 24.0. The van der Waals surface area contributed by atoms with Gasteiger partial charge in [-0.05, 0) is 53.6 Å². The lowest BCUT2D eigenvalue weighted by Gasteiger charge is -2.42. The normalized spacial score (nSPS) is 22.1. The number of fused-ring (bicyclic) bond motifs is 1. The van der Waals surface area contributed by atoms with Crippen LogP contribution in [0.5, 0.6) is 5.75 Å². The highest BCUT2D eigenvalue weighted by atomic mass is 19.4. The number of hydrogen-bond acceptors (Lipinski definition) is 4. The number of rotatable bonds is 8. The number of alkyl halides is 3. The Hall–Kier alpha value is -2.09. The predicted octanol–water partition coefficient (Wildman–Crippen LogP) is 4.80. The maximum Gasteiger partial charge on any atom is 0.401 e. The molecule has 1 fully saturated rings. The molecule has 2 aliphatic rings. The summed E-state index contributed by atoms with van der Waals surface area (Å²) in [6.07, 6.45) is -2.55. The van der Waals surface area contributed by atoms with E-state index in [0.717, 1.165) is 53.6 Å². The average molecular weight is 463 g/mol. The van der Waals surface area contributed by atoms with Gasteiger partial charge in [-0.3, -0.25) is 9.80 Å². The Labute approximate surface area is 194 Å². The van der Waals surface area contributed by atoms with Crippen LogP contribution in [-0.2, 0) is 13.0 Å². The zero-order valence-corrected chi connectivity index (χ0v) is 19.3. The molecule has 180 valence electrons. The van der Waals surface area contributed by atoms with Crippen molar-refractivity contribution in [2.45, 2.75) is 51.6 Å². The fourth-order valence-electron chi connectivity index (χ4n) is 5.05. The topological polar surface area (TPSA) is 35.9 Å². The van der Waals surface area contributed by atoms with E-state index in [1.165, 1.54) is 11.3 Å². The van der Waals surface area contributed by atoms with Gasteiger partial charge in [0, 0.05) is 25.7 Å². The minimum absolute atomic E-state index is 0.0822. The molecule has 1 saturated heterocycles. The number of hydrogen-bond donors (Lipinski definition) is 1. The zero-order chi connectivity index (χ0) is 23.6. The maximum atomic E-state index is 13.4. The SMILES string of the molecule is CCC1CN(CCOc2ccc([C@H]3c4ccc(CO)cc4C[C@H](C)N3CC(F)(F)F)cc2)C1. The Morgan fingerprint density at radius 3 is 2.45 bits per heavy atom. The Balaban J connectivity index is 1.51. The Bertz CT molecular complexity index is 926. The smallest absolute Gasteiger partial charge is 0.401 e. The van der Waals surface area contributed by atoms with Crippen molar-refractivity contribution >= 4 is 0 Å². The van der Waals surface area contributed by atoms with Crippen LogP contribution >= 0.6 is 0 Å². The number of ether oxygens (including phenoxy) is 1. The Morgan fingerprint density at radius 1 is 1.09 bits per heavy atom. The second-order valence-corrected chi connectivity index (χ2v) is 9.39. The Morgan fingerprint density at radius 2 is 1.82 bits per heavy atom. The molecule has 4 nitrogen and oxygen atoms in total. The number of halogens is 3. The van der Waals surface area contributed by atoms with E-state index in [9.17, 15) is 18.3 Å². The van der Waals surface area contributed by atoms with Gasteiger partial charge in [0.25, 0.3) is 0 Å². The van der Waals surface area contributed by atoms with Gasteiger partial charge in [0.15, 0.2) is 0 Å². The van der Waals surface area contributed by atoms with Crippen LogP contribution in [0.4, 0.5) is 13.2 Å². The number of aliphatic hydroxyl groups excluding tert-OH is 1. The standard InChI is InChI=1S/C26H33F3N2O2/c1-3-19-14-30(15-19)10-11-33-23-7-5-21(6-8-23)25-24-9-4-20(16-32)13-22(24)12-18(2)31(25)17-26(27,28)29/h4-9,13,18-19,25,32H,3,10-12,14-17H2,1-2H3/t18-,25-/m0/s1. The first-order chi connectivity index (χ1) is 15.8. The van der Waals surface area contributed by atoms with Crippen molar-refractivity contribution in [3.63, 3.8) is 0 Å². The molecule has 2 atom stereocenters. The minimum Gasteiger partial charge on any atom is -0.492 e. The second kappa shape index (κ2) is 10.0. The van der Waals surface area contributed by atoms with Crippen LogP contribution in [0.1, 0.15) is 48.6 Å². The molecule has 1 N–H and O–H groups in total. The molecule has 0 amide bonds. The monoisotopic (exact) mass is 462 g/mol. The molecule has 0 saturated carbocycles. The van der Waals surface area contributed by atoms with Crippen LogP contribution in [0.3, 0.4) is 0 Å². The molecule has 0 aliphatic carbocycles. The first-order valence-electron chi connectivity index (χ1n) is 11.8. The summed E-state index contributed by atoms with van der Waals surface area (Å²) in [6, 6.07) is 12.3. The van der Waals surface area contributed by atoms with Gasteiger partial charge in [-0.2, -0.15) is 13.2 Å². The summed E-state index contributed by atoms with van der Waals surface area (Å²) in [5.41, 5.74) is 3.45. The van der Waals surface area contributed by atoms with Crippen molar-refractivity contribution in [2.75, 3.05) is 32.8 Å². The number of aliphatic hydroxyl groups is 1. The summed E-state index contributed by atoms with van der Waals surface area (Å²) >= 11 is 0. The van der Waals surface area contributed by atoms with Gasteiger partial charge < -0.3 is 9.84 Å². The van der Waals surface area contributed by atoms with Crippen molar-refractivity contribution in [3.8, 4) is 5.75 Å². The molecule has 0 radical (unpaired) electrons. The number of likely N-dealkylation sites (tertiary alicyclic amines) is 1. The van der Waals surface area contributed by atoms with E-state index in [2.05, 4.69) is 11.8 Å². The molecule has 33 heavy (non-hydrogen) atoms. The van der Waals surface area contributed by atoms with Gasteiger partial charge >= 0.3 is 6.18 Å². The molecule has 0 spiro atoms. The Kier molecular flexibility index (Phi) is 7.31. The summed E-state index contributed by atoms with van der Waals surface area (Å²) in [7, 11) is 0. The lowest BCUT2D eigenvalue weighted by Crippen LogP contribution is -2.47. The van der Waals surface area contributed by atoms with E-state index in [1.54, 1.807) is 6.07 Å². The van der Waals surface area contributed by atoms with Crippen LogP contribution in [0.2, 0.25) is 0 Å². The van der Waals surface area contributed by atoms with Crippen LogP contribution in [0.15, 0.2) is 42.5 Å². The third-order valence-corrected chi connectivity index (χ3v) is 6.94. The van der Waals surface area contributed by atoms with Crippen LogP contribution in [-0.4, -0.2) is 59.9 Å². The van der Waals surface area contributed by atoms with E-state index in [4.69, 9.17) is 4.74 Å². The van der Waals surface area contributed by atoms with E-state index in [0.29, 0.717) is 13.0 Å². The molecule has 7 heteroatoms. The summed E-state index contributed by atoms with van der Waals surface area (Å²) in [6.45, 7) is 6.75. The lowest BCUT2D eigenvalue weighted by molar-refractivity contribution is -0.155. The summed E-state index contributed by atoms with van der Waals surface area (Å²) in [4.78, 5) is 3.91. The van der Waals surface area contributed by atoms with Crippen molar-refractivity contribution in [3.05, 3.63) is 64.7 Å². The largest absolute Gasteiger partial charge is 0.492 e. The summed E-state index contributed by atoms with van der Waals surface area (Å²) < 4.78 is 46.2. The van der Waals surface area contributed by atoms with Crippen LogP contribution < -0.4 is 4.74 Å². The number of benzene rings is 2. The molecule has 0 aromatic heterocycles. The molecule has 2 aliphatic heterocycles. The molecular formula is C26H33F3N2O2. The van der Waals surface area contributed by atoms with E-state index in [1.807, 2.05) is 43.3 Å². The van der Waals surface area contributed by atoms with Gasteiger partial charge in [-0.15, -0.1) is 0 Å². The lowest BCUT2D eigenvalue weighted by atomic mass is 9.84. The summed E-state index contributed by atoms with van der Waals surface area (Å²) in [5.74, 6) is 1.53. The first-order valence-corrected chi connectivity index (χ1v) is 11.8. The van der Waals surface area contributed by atoms with E-state index in [-0.39, 0.29) is 12.6 Å². The quantitative estimate of drug-likeness (QED) is 0.612. The van der Waals surface area contributed by atoms with E-state index < -0.39 is 18.8 Å². The highest BCUT2D eigenvalue weighted by Crippen LogP contribution is 2.40. The molecule has 2 heterocycles. The highest BCUT2D eigenvalue weighted by molar-refractivity contribution is 5.43. The van der Waals surface area contributed by atoms with Crippen LogP contribution in [0, 0.1) is 5.92 Å². The average Bonchev–Trinajstić information content (AvgIpc) is 2.75. The van der Waals surface area contributed by atoms with Gasteiger partial charge in [0.2, 0.25) is 0 Å². The second-order valence-electron chi connectivity index (χ2n) is 9.39. The maximum absolute atomic E-state index is 13.4. The molecule has 2 aromatic rings. The zero-order valence-electron chi connectivity index (χ0n) is 19.3. The molecule has 0 unspecified atom stereocenters. The predicted molar refractivity (Wildman–Crippen MR) is 122 cm³/mol. The van der Waals surface area contributed by atoms with Crippen molar-refractivity contribution < 1.29 is 23.0 Å². The van der Waals surface area contributed by atoms with Crippen molar-refractivity contribution in [2.24, 2.45) is 5.92 Å². The highest BCUT2D eigenvalue weighted by Gasteiger charge is 2.40. The molecule has 4 rings (SSSR count). The third-order valence-electron chi connectivity index (χ3n) is 6.94. The molecule has 2 aromatic carbocycles. The van der Waals surface area contributed by atoms with Crippen LogP contribution in [0.25, 0.3) is 0 Å². The van der Waals surface area contributed by atoms with Crippen molar-refractivity contribution in [1.29, 1.82) is 0 Å². The van der Waals surface area contributed by atoms with Crippen molar-refractivity contribution in [1.82, 2.24) is 9.80 Å². The molecule has 0 bridgehead atoms.